The summed E-state index contributed by atoms with van der Waals surface area (Å²) in [6.45, 7) is 0. The lowest BCUT2D eigenvalue weighted by Gasteiger charge is -2.20. The zero-order valence-electron chi connectivity index (χ0n) is 27.0. The second-order valence-corrected chi connectivity index (χ2v) is 12.6. The van der Waals surface area contributed by atoms with Crippen molar-refractivity contribution >= 4 is 21.5 Å². The second kappa shape index (κ2) is 11.4. The Labute approximate surface area is 289 Å². The lowest BCUT2D eigenvalue weighted by Crippen LogP contribution is -1.96. The smallest absolute Gasteiger partial charge is 0.181 e. The van der Waals surface area contributed by atoms with Gasteiger partial charge in [-0.05, 0) is 89.3 Å². The van der Waals surface area contributed by atoms with Gasteiger partial charge in [0, 0.05) is 11.8 Å². The topological polar surface area (TPSA) is 51.6 Å². The van der Waals surface area contributed by atoms with Gasteiger partial charge in [0.2, 0.25) is 0 Å². The Morgan fingerprint density at radius 3 is 1.54 bits per heavy atom. The number of nitrogens with zero attached hydrogens (tertiary/aromatic N) is 4. The van der Waals surface area contributed by atoms with Crippen LogP contribution in [0.15, 0.2) is 170 Å². The Morgan fingerprint density at radius 1 is 0.320 bits per heavy atom. The molecule has 0 fully saturated rings. The fourth-order valence-electron chi connectivity index (χ4n) is 7.71. The minimum atomic E-state index is 0.559. The van der Waals surface area contributed by atoms with E-state index < -0.39 is 0 Å². The van der Waals surface area contributed by atoms with Gasteiger partial charge in [-0.25, -0.2) is 15.0 Å². The molecule has 1 aliphatic carbocycles. The van der Waals surface area contributed by atoms with E-state index in [-0.39, 0.29) is 0 Å². The molecule has 4 nitrogen and oxygen atoms in total. The van der Waals surface area contributed by atoms with Crippen molar-refractivity contribution in [1.82, 2.24) is 19.9 Å². The molecule has 0 saturated carbocycles. The van der Waals surface area contributed by atoms with Crippen molar-refractivity contribution in [3.63, 3.8) is 0 Å². The van der Waals surface area contributed by atoms with Crippen LogP contribution >= 0.6 is 0 Å². The summed E-state index contributed by atoms with van der Waals surface area (Å²) in [6.07, 6.45) is 3.30. The average Bonchev–Trinajstić information content (AvgIpc) is 3.53. The van der Waals surface area contributed by atoms with Gasteiger partial charge in [-0.15, -0.1) is 0 Å². The first kappa shape index (κ1) is 28.3. The van der Waals surface area contributed by atoms with Crippen molar-refractivity contribution in [2.75, 3.05) is 0 Å². The van der Waals surface area contributed by atoms with E-state index >= 15 is 0 Å². The van der Waals surface area contributed by atoms with Gasteiger partial charge in [-0.3, -0.25) is 4.98 Å². The maximum atomic E-state index is 4.72. The SMILES string of the molecule is c1ccc(-c2c3c(c(-c4ccccc4)c4ccccc24)-c2ccc(-c4ccc(-c5ncnc(-c6ccccn6)n5)cc4)c4cccc-3c24)cc1. The second-order valence-electron chi connectivity index (χ2n) is 12.6. The summed E-state index contributed by atoms with van der Waals surface area (Å²) in [5.74, 6) is 1.18. The molecule has 0 radical (unpaired) electrons. The Kier molecular flexibility index (Phi) is 6.46. The minimum Gasteiger partial charge on any atom is -0.253 e. The summed E-state index contributed by atoms with van der Waals surface area (Å²) in [5.41, 5.74) is 14.2. The van der Waals surface area contributed by atoms with Gasteiger partial charge in [0.25, 0.3) is 0 Å². The third-order valence-electron chi connectivity index (χ3n) is 9.84. The van der Waals surface area contributed by atoms with Crippen molar-refractivity contribution in [3.8, 4) is 78.5 Å². The molecular weight excluding hydrogens is 609 g/mol. The third-order valence-corrected chi connectivity index (χ3v) is 9.84. The average molecular weight is 637 g/mol. The molecule has 50 heavy (non-hydrogen) atoms. The fourth-order valence-corrected chi connectivity index (χ4v) is 7.71. The minimum absolute atomic E-state index is 0.559. The Hall–Kier alpha value is -6.78. The molecule has 2 heterocycles. The lowest BCUT2D eigenvalue weighted by atomic mass is 9.82. The molecule has 0 saturated heterocycles. The number of hydrogen-bond donors (Lipinski definition) is 0. The lowest BCUT2D eigenvalue weighted by molar-refractivity contribution is 1.05. The highest BCUT2D eigenvalue weighted by Crippen LogP contribution is 2.58. The van der Waals surface area contributed by atoms with Gasteiger partial charge in [0.05, 0.1) is 0 Å². The molecule has 0 atom stereocenters. The standard InChI is InChI=1S/C46H28N4/c1-3-12-30(13-4-1)40-35-16-7-8-17-36(35)41(31-14-5-2-6-15-31)44-38-26-25-33(34-18-11-19-37(42(34)38)43(40)44)29-21-23-32(24-22-29)45-48-28-49-46(50-45)39-20-9-10-27-47-39/h1-28H. The van der Waals surface area contributed by atoms with Crippen molar-refractivity contribution in [2.24, 2.45) is 0 Å². The highest BCUT2D eigenvalue weighted by Gasteiger charge is 2.31. The van der Waals surface area contributed by atoms with Crippen LogP contribution in [0.1, 0.15) is 0 Å². The van der Waals surface area contributed by atoms with Crippen LogP contribution in [0.5, 0.6) is 0 Å². The van der Waals surface area contributed by atoms with E-state index in [1.54, 1.807) is 12.5 Å². The molecule has 2 aromatic heterocycles. The van der Waals surface area contributed by atoms with Crippen LogP contribution in [0.4, 0.5) is 0 Å². The van der Waals surface area contributed by atoms with Gasteiger partial charge in [-0.2, -0.15) is 0 Å². The molecule has 7 aromatic carbocycles. The van der Waals surface area contributed by atoms with Crippen LogP contribution in [-0.2, 0) is 0 Å². The maximum Gasteiger partial charge on any atom is 0.181 e. The number of pyridine rings is 1. The van der Waals surface area contributed by atoms with Crippen molar-refractivity contribution < 1.29 is 0 Å². The molecule has 0 spiro atoms. The summed E-state index contributed by atoms with van der Waals surface area (Å²) < 4.78 is 0. The molecule has 10 rings (SSSR count). The summed E-state index contributed by atoms with van der Waals surface area (Å²) >= 11 is 0. The molecule has 4 heteroatoms. The molecule has 9 aromatic rings. The maximum absolute atomic E-state index is 4.72. The normalized spacial score (nSPS) is 11.6. The highest BCUT2D eigenvalue weighted by molar-refractivity contribution is 6.28. The predicted molar refractivity (Wildman–Crippen MR) is 204 cm³/mol. The van der Waals surface area contributed by atoms with Crippen LogP contribution in [0.25, 0.3) is 100 Å². The van der Waals surface area contributed by atoms with Crippen LogP contribution in [0.2, 0.25) is 0 Å². The number of rotatable bonds is 5. The summed E-state index contributed by atoms with van der Waals surface area (Å²) in [7, 11) is 0. The molecule has 0 unspecified atom stereocenters. The van der Waals surface area contributed by atoms with Gasteiger partial charge >= 0.3 is 0 Å². The number of hydrogen-bond acceptors (Lipinski definition) is 4. The largest absolute Gasteiger partial charge is 0.253 e. The van der Waals surface area contributed by atoms with E-state index in [4.69, 9.17) is 4.98 Å². The Balaban J connectivity index is 1.17. The number of benzene rings is 7. The zero-order chi connectivity index (χ0) is 33.0. The van der Waals surface area contributed by atoms with Crippen LogP contribution in [0.3, 0.4) is 0 Å². The molecule has 232 valence electrons. The van der Waals surface area contributed by atoms with Gasteiger partial charge in [0.1, 0.15) is 12.0 Å². The first-order chi connectivity index (χ1) is 24.8. The Morgan fingerprint density at radius 2 is 0.880 bits per heavy atom. The summed E-state index contributed by atoms with van der Waals surface area (Å²) in [4.78, 5) is 18.0. The van der Waals surface area contributed by atoms with Gasteiger partial charge in [-0.1, -0.05) is 146 Å². The number of aromatic nitrogens is 4. The van der Waals surface area contributed by atoms with E-state index in [2.05, 4.69) is 154 Å². The molecule has 0 N–H and O–H groups in total. The fraction of sp³-hybridized carbons (Fsp3) is 0. The van der Waals surface area contributed by atoms with E-state index in [0.717, 1.165) is 16.8 Å². The van der Waals surface area contributed by atoms with E-state index in [1.165, 1.54) is 71.6 Å². The first-order valence-electron chi connectivity index (χ1n) is 16.8. The molecule has 1 aliphatic rings. The quantitative estimate of drug-likeness (QED) is 0.189. The Bertz CT molecular complexity index is 2630. The molecule has 0 amide bonds. The van der Waals surface area contributed by atoms with Crippen LogP contribution in [0, 0.1) is 0 Å². The van der Waals surface area contributed by atoms with E-state index in [0.29, 0.717) is 11.6 Å². The van der Waals surface area contributed by atoms with Crippen molar-refractivity contribution in [3.05, 3.63) is 170 Å². The van der Waals surface area contributed by atoms with Gasteiger partial charge < -0.3 is 0 Å². The molecule has 0 bridgehead atoms. The first-order valence-corrected chi connectivity index (χ1v) is 16.8. The van der Waals surface area contributed by atoms with E-state index in [1.807, 2.05) is 18.2 Å². The highest BCUT2D eigenvalue weighted by atomic mass is 15.0. The molecule has 0 aliphatic heterocycles. The van der Waals surface area contributed by atoms with Crippen molar-refractivity contribution in [1.29, 1.82) is 0 Å². The molecular formula is C46H28N4. The number of fused-ring (bicyclic) bond motifs is 4. The zero-order valence-corrected chi connectivity index (χ0v) is 27.0. The predicted octanol–water partition coefficient (Wildman–Crippen LogP) is 11.6. The van der Waals surface area contributed by atoms with Crippen molar-refractivity contribution in [2.45, 2.75) is 0 Å². The monoisotopic (exact) mass is 636 g/mol. The third kappa shape index (κ3) is 4.39. The van der Waals surface area contributed by atoms with Gasteiger partial charge in [0.15, 0.2) is 11.6 Å². The van der Waals surface area contributed by atoms with Crippen LogP contribution < -0.4 is 0 Å². The van der Waals surface area contributed by atoms with E-state index in [9.17, 15) is 0 Å². The summed E-state index contributed by atoms with van der Waals surface area (Å²) in [5, 5.41) is 5.07. The van der Waals surface area contributed by atoms with Crippen LogP contribution in [-0.4, -0.2) is 19.9 Å². The summed E-state index contributed by atoms with van der Waals surface area (Å²) in [6, 6.07) is 56.3.